The highest BCUT2D eigenvalue weighted by atomic mass is 32.2. The van der Waals surface area contributed by atoms with Crippen LogP contribution in [0.3, 0.4) is 0 Å². The van der Waals surface area contributed by atoms with Crippen LogP contribution in [0.25, 0.3) is 0 Å². The number of nitrogens with one attached hydrogen (secondary N) is 2. The molecule has 0 radical (unpaired) electrons. The van der Waals surface area contributed by atoms with Crippen LogP contribution in [0.4, 0.5) is 10.1 Å². The maximum atomic E-state index is 12.8. The Balaban J connectivity index is 2.11. The number of methoxy groups -OCH3 is 1. The second-order valence-electron chi connectivity index (χ2n) is 6.89. The average molecular weight is 426 g/mol. The summed E-state index contributed by atoms with van der Waals surface area (Å²) in [5.74, 6) is 0.151. The number of rotatable bonds is 11. The molecule has 0 fully saturated rings. The van der Waals surface area contributed by atoms with Crippen molar-refractivity contribution >= 4 is 15.7 Å². The lowest BCUT2D eigenvalue weighted by Gasteiger charge is -2.14. The zero-order valence-corrected chi connectivity index (χ0v) is 17.9. The summed E-state index contributed by atoms with van der Waals surface area (Å²) >= 11 is 0. The predicted octanol–water partition coefficient (Wildman–Crippen LogP) is 3.34. The van der Waals surface area contributed by atoms with Crippen LogP contribution in [0.2, 0.25) is 0 Å². The largest absolute Gasteiger partial charge is 0.479 e. The standard InChI is InChI=1S/C20H28FN3O4S/c1-14(2)22-11-12-28-19-10-9-18(20(23-19)27-4)24-29(25,26)17-7-5-16(6-8-17)15(3)13-21/h5-10,14-15,22,24H,11-13H2,1-4H3. The molecule has 0 aliphatic heterocycles. The van der Waals surface area contributed by atoms with Crippen LogP contribution >= 0.6 is 0 Å². The molecular formula is C20H28FN3O4S. The van der Waals surface area contributed by atoms with Crippen LogP contribution in [0, 0.1) is 0 Å². The molecule has 2 rings (SSSR count). The van der Waals surface area contributed by atoms with Gasteiger partial charge in [-0.1, -0.05) is 32.9 Å². The minimum absolute atomic E-state index is 0.0643. The van der Waals surface area contributed by atoms with E-state index in [4.69, 9.17) is 9.47 Å². The van der Waals surface area contributed by atoms with Crippen molar-refractivity contribution in [3.63, 3.8) is 0 Å². The van der Waals surface area contributed by atoms with Gasteiger partial charge in [-0.25, -0.2) is 8.42 Å². The molecule has 0 spiro atoms. The van der Waals surface area contributed by atoms with Crippen molar-refractivity contribution in [2.24, 2.45) is 0 Å². The first-order valence-corrected chi connectivity index (χ1v) is 10.8. The van der Waals surface area contributed by atoms with Gasteiger partial charge in [-0.15, -0.1) is 0 Å². The van der Waals surface area contributed by atoms with Crippen molar-refractivity contribution in [2.75, 3.05) is 31.7 Å². The summed E-state index contributed by atoms with van der Waals surface area (Å²) < 4.78 is 51.3. The summed E-state index contributed by atoms with van der Waals surface area (Å²) in [4.78, 5) is 4.26. The second-order valence-corrected chi connectivity index (χ2v) is 8.58. The molecule has 1 heterocycles. The van der Waals surface area contributed by atoms with Crippen LogP contribution in [0.1, 0.15) is 32.3 Å². The minimum Gasteiger partial charge on any atom is -0.479 e. The number of benzene rings is 1. The Morgan fingerprint density at radius 2 is 1.79 bits per heavy atom. The Bertz CT molecular complexity index is 889. The molecule has 1 aromatic carbocycles. The molecule has 2 N–H and O–H groups in total. The molecule has 0 aliphatic carbocycles. The van der Waals surface area contributed by atoms with Crippen LogP contribution in [-0.4, -0.2) is 46.4 Å². The molecule has 9 heteroatoms. The van der Waals surface area contributed by atoms with Crippen molar-refractivity contribution in [1.29, 1.82) is 0 Å². The van der Waals surface area contributed by atoms with Crippen LogP contribution in [0.15, 0.2) is 41.3 Å². The number of nitrogens with zero attached hydrogens (tertiary/aromatic N) is 1. The second kappa shape index (κ2) is 10.4. The number of aromatic nitrogens is 1. The third kappa shape index (κ3) is 6.57. The molecule has 1 atom stereocenters. The quantitative estimate of drug-likeness (QED) is 0.537. The van der Waals surface area contributed by atoms with Crippen LogP contribution in [-0.2, 0) is 10.0 Å². The van der Waals surface area contributed by atoms with E-state index in [9.17, 15) is 12.8 Å². The maximum absolute atomic E-state index is 12.8. The van der Waals surface area contributed by atoms with Gasteiger partial charge in [0.1, 0.15) is 12.3 Å². The number of hydrogen-bond acceptors (Lipinski definition) is 6. The van der Waals surface area contributed by atoms with E-state index in [2.05, 4.69) is 15.0 Å². The number of sulfonamides is 1. The zero-order chi connectivity index (χ0) is 21.4. The molecule has 0 bridgehead atoms. The molecule has 1 unspecified atom stereocenters. The summed E-state index contributed by atoms with van der Waals surface area (Å²) in [6, 6.07) is 9.57. The van der Waals surface area contributed by atoms with Gasteiger partial charge in [0.2, 0.25) is 11.8 Å². The Kier molecular flexibility index (Phi) is 8.21. The Hall–Kier alpha value is -2.39. The third-order valence-electron chi connectivity index (χ3n) is 4.17. The summed E-state index contributed by atoms with van der Waals surface area (Å²) in [6.07, 6.45) is 0. The van der Waals surface area contributed by atoms with Gasteiger partial charge in [0, 0.05) is 24.6 Å². The monoisotopic (exact) mass is 425 g/mol. The fourth-order valence-electron chi connectivity index (χ4n) is 2.51. The fraction of sp³-hybridized carbons (Fsp3) is 0.450. The summed E-state index contributed by atoms with van der Waals surface area (Å²) in [5, 5.41) is 3.22. The topological polar surface area (TPSA) is 89.6 Å². The van der Waals surface area contributed by atoms with E-state index in [1.165, 1.54) is 25.3 Å². The maximum Gasteiger partial charge on any atom is 0.262 e. The first-order valence-electron chi connectivity index (χ1n) is 9.36. The third-order valence-corrected chi connectivity index (χ3v) is 5.55. The van der Waals surface area contributed by atoms with Crippen LogP contribution in [0.5, 0.6) is 11.8 Å². The van der Waals surface area contributed by atoms with Gasteiger partial charge in [0.25, 0.3) is 10.0 Å². The van der Waals surface area contributed by atoms with E-state index in [1.54, 1.807) is 25.1 Å². The molecule has 0 saturated heterocycles. The molecule has 7 nitrogen and oxygen atoms in total. The number of anilines is 1. The molecule has 0 saturated carbocycles. The van der Waals surface area contributed by atoms with Gasteiger partial charge in [-0.3, -0.25) is 9.11 Å². The zero-order valence-electron chi connectivity index (χ0n) is 17.1. The Morgan fingerprint density at radius 1 is 1.10 bits per heavy atom. The highest BCUT2D eigenvalue weighted by Crippen LogP contribution is 2.28. The number of hydrogen-bond donors (Lipinski definition) is 2. The van der Waals surface area contributed by atoms with Gasteiger partial charge in [-0.2, -0.15) is 4.98 Å². The van der Waals surface area contributed by atoms with Crippen molar-refractivity contribution < 1.29 is 22.3 Å². The van der Waals surface area contributed by atoms with E-state index in [0.29, 0.717) is 25.1 Å². The van der Waals surface area contributed by atoms with E-state index >= 15 is 0 Å². The summed E-state index contributed by atoms with van der Waals surface area (Å²) in [7, 11) is -2.45. The molecule has 2 aromatic rings. The Labute approximate surface area is 171 Å². The highest BCUT2D eigenvalue weighted by Gasteiger charge is 2.18. The van der Waals surface area contributed by atoms with Crippen molar-refractivity contribution in [3.05, 3.63) is 42.0 Å². The van der Waals surface area contributed by atoms with E-state index < -0.39 is 16.7 Å². The van der Waals surface area contributed by atoms with E-state index in [1.807, 2.05) is 13.8 Å². The predicted molar refractivity (Wildman–Crippen MR) is 111 cm³/mol. The number of halogens is 1. The van der Waals surface area contributed by atoms with Gasteiger partial charge in [-0.05, 0) is 23.8 Å². The van der Waals surface area contributed by atoms with Gasteiger partial charge in [0.05, 0.1) is 18.7 Å². The van der Waals surface area contributed by atoms with Crippen molar-refractivity contribution in [3.8, 4) is 11.8 Å². The highest BCUT2D eigenvalue weighted by molar-refractivity contribution is 7.92. The number of pyridine rings is 1. The lowest BCUT2D eigenvalue weighted by Crippen LogP contribution is -2.27. The number of alkyl halides is 1. The Morgan fingerprint density at radius 3 is 2.38 bits per heavy atom. The lowest BCUT2D eigenvalue weighted by molar-refractivity contribution is 0.291. The SMILES string of the molecule is COc1nc(OCCNC(C)C)ccc1NS(=O)(=O)c1ccc(C(C)CF)cc1. The van der Waals surface area contributed by atoms with Gasteiger partial charge in [0.15, 0.2) is 0 Å². The van der Waals surface area contributed by atoms with Gasteiger partial charge < -0.3 is 14.8 Å². The van der Waals surface area contributed by atoms with Gasteiger partial charge >= 0.3 is 0 Å². The first kappa shape index (κ1) is 22.9. The molecule has 29 heavy (non-hydrogen) atoms. The van der Waals surface area contributed by atoms with E-state index in [-0.39, 0.29) is 22.4 Å². The first-order chi connectivity index (χ1) is 13.8. The molecule has 1 aromatic heterocycles. The molecule has 0 aliphatic rings. The normalized spacial score (nSPS) is 12.6. The summed E-state index contributed by atoms with van der Waals surface area (Å²) in [5.41, 5.74) is 0.931. The lowest BCUT2D eigenvalue weighted by atomic mass is 10.0. The number of ether oxygens (including phenoxy) is 2. The minimum atomic E-state index is -3.85. The van der Waals surface area contributed by atoms with Crippen molar-refractivity contribution in [1.82, 2.24) is 10.3 Å². The van der Waals surface area contributed by atoms with E-state index in [0.717, 1.165) is 5.56 Å². The molecule has 0 amide bonds. The molecular weight excluding hydrogens is 397 g/mol. The van der Waals surface area contributed by atoms with Crippen molar-refractivity contribution in [2.45, 2.75) is 37.6 Å². The smallest absolute Gasteiger partial charge is 0.262 e. The fourth-order valence-corrected chi connectivity index (χ4v) is 3.57. The summed E-state index contributed by atoms with van der Waals surface area (Å²) in [6.45, 7) is 6.39. The average Bonchev–Trinajstić information content (AvgIpc) is 2.71. The molecule has 160 valence electrons. The van der Waals surface area contributed by atoms with Crippen LogP contribution < -0.4 is 19.5 Å².